The molecule has 0 bridgehead atoms. The maximum absolute atomic E-state index is 3.90. The fourth-order valence-electron chi connectivity index (χ4n) is 1.67. The molecule has 0 amide bonds. The monoisotopic (exact) mass is 231 g/mol. The second kappa shape index (κ2) is 5.43. The van der Waals surface area contributed by atoms with Crippen LogP contribution in [0.15, 0.2) is 30.3 Å². The van der Waals surface area contributed by atoms with E-state index >= 15 is 0 Å². The first-order valence-electron chi connectivity index (χ1n) is 5.78. The third-order valence-electron chi connectivity index (χ3n) is 2.70. The van der Waals surface area contributed by atoms with Crippen LogP contribution in [0.3, 0.4) is 0 Å². The highest BCUT2D eigenvalue weighted by Crippen LogP contribution is 2.08. The van der Waals surface area contributed by atoms with Crippen molar-refractivity contribution in [3.8, 4) is 0 Å². The molecule has 0 radical (unpaired) electrons. The Labute approximate surface area is 101 Å². The lowest BCUT2D eigenvalue weighted by molar-refractivity contribution is 0.673. The maximum atomic E-state index is 3.90. The number of nitrogens with one attached hydrogen (secondary N) is 1. The standard InChI is InChI=1S/C12H17N5/c1-10(13-12-14-15-16-17(12)2)8-9-11-6-4-3-5-7-11/h3-7,10H,8-9H2,1-2H3,(H,13,14,16). The number of tetrazole rings is 1. The Morgan fingerprint density at radius 2 is 2.06 bits per heavy atom. The van der Waals surface area contributed by atoms with Crippen molar-refractivity contribution in [3.63, 3.8) is 0 Å². The molecule has 5 nitrogen and oxygen atoms in total. The Kier molecular flexibility index (Phi) is 3.69. The summed E-state index contributed by atoms with van der Waals surface area (Å²) in [5, 5.41) is 14.6. The van der Waals surface area contributed by atoms with E-state index in [4.69, 9.17) is 0 Å². The summed E-state index contributed by atoms with van der Waals surface area (Å²) < 4.78 is 1.64. The summed E-state index contributed by atoms with van der Waals surface area (Å²) in [6.45, 7) is 2.14. The Morgan fingerprint density at radius 1 is 1.29 bits per heavy atom. The molecule has 0 aliphatic rings. The zero-order valence-corrected chi connectivity index (χ0v) is 10.2. The number of nitrogens with zero attached hydrogens (tertiary/aromatic N) is 4. The summed E-state index contributed by atoms with van der Waals surface area (Å²) in [6.07, 6.45) is 2.11. The van der Waals surface area contributed by atoms with Gasteiger partial charge in [0.05, 0.1) is 0 Å². The minimum Gasteiger partial charge on any atom is -0.351 e. The lowest BCUT2D eigenvalue weighted by Crippen LogP contribution is -2.18. The number of aromatic nitrogens is 4. The molecule has 1 atom stereocenters. The van der Waals surface area contributed by atoms with Gasteiger partial charge >= 0.3 is 0 Å². The third-order valence-corrected chi connectivity index (χ3v) is 2.70. The van der Waals surface area contributed by atoms with E-state index in [1.54, 1.807) is 4.68 Å². The van der Waals surface area contributed by atoms with Crippen LogP contribution in [0.1, 0.15) is 18.9 Å². The van der Waals surface area contributed by atoms with E-state index in [2.05, 4.69) is 52.0 Å². The van der Waals surface area contributed by atoms with E-state index in [0.29, 0.717) is 12.0 Å². The van der Waals surface area contributed by atoms with E-state index in [1.165, 1.54) is 5.56 Å². The van der Waals surface area contributed by atoms with Crippen LogP contribution in [0.2, 0.25) is 0 Å². The van der Waals surface area contributed by atoms with Crippen LogP contribution < -0.4 is 5.32 Å². The molecule has 5 heteroatoms. The van der Waals surface area contributed by atoms with Gasteiger partial charge in [-0.2, -0.15) is 0 Å². The molecule has 0 saturated carbocycles. The maximum Gasteiger partial charge on any atom is 0.242 e. The number of rotatable bonds is 5. The summed E-state index contributed by atoms with van der Waals surface area (Å²) >= 11 is 0. The Morgan fingerprint density at radius 3 is 2.71 bits per heavy atom. The number of hydrogen-bond donors (Lipinski definition) is 1. The zero-order chi connectivity index (χ0) is 12.1. The molecule has 0 spiro atoms. The van der Waals surface area contributed by atoms with Gasteiger partial charge in [0.1, 0.15) is 0 Å². The number of benzene rings is 1. The van der Waals surface area contributed by atoms with Gasteiger partial charge in [0.2, 0.25) is 5.95 Å². The minimum atomic E-state index is 0.347. The van der Waals surface area contributed by atoms with Crippen molar-refractivity contribution >= 4 is 5.95 Å². The average Bonchev–Trinajstić information content (AvgIpc) is 2.74. The molecule has 2 rings (SSSR count). The molecule has 0 saturated heterocycles. The summed E-state index contributed by atoms with van der Waals surface area (Å²) in [4.78, 5) is 0. The van der Waals surface area contributed by atoms with Crippen LogP contribution in [-0.4, -0.2) is 26.2 Å². The molecule has 0 aliphatic heterocycles. The van der Waals surface area contributed by atoms with E-state index in [9.17, 15) is 0 Å². The molecule has 1 aromatic heterocycles. The van der Waals surface area contributed by atoms with Crippen molar-refractivity contribution in [2.75, 3.05) is 5.32 Å². The molecule has 1 heterocycles. The highest BCUT2D eigenvalue weighted by Gasteiger charge is 2.06. The van der Waals surface area contributed by atoms with Gasteiger partial charge < -0.3 is 5.32 Å². The number of hydrogen-bond acceptors (Lipinski definition) is 4. The van der Waals surface area contributed by atoms with Gasteiger partial charge in [-0.25, -0.2) is 4.68 Å². The molecule has 17 heavy (non-hydrogen) atoms. The normalized spacial score (nSPS) is 12.4. The molecule has 90 valence electrons. The van der Waals surface area contributed by atoms with Gasteiger partial charge in [-0.1, -0.05) is 35.4 Å². The predicted molar refractivity (Wildman–Crippen MR) is 66.6 cm³/mol. The van der Waals surface area contributed by atoms with Crippen LogP contribution in [0.5, 0.6) is 0 Å². The Bertz CT molecular complexity index is 451. The fourth-order valence-corrected chi connectivity index (χ4v) is 1.67. The molecule has 1 unspecified atom stereocenters. The number of anilines is 1. The highest BCUT2D eigenvalue weighted by molar-refractivity contribution is 5.23. The minimum absolute atomic E-state index is 0.347. The molecule has 0 aliphatic carbocycles. The van der Waals surface area contributed by atoms with Gasteiger partial charge in [0, 0.05) is 13.1 Å². The van der Waals surface area contributed by atoms with Crippen molar-refractivity contribution in [1.29, 1.82) is 0 Å². The van der Waals surface area contributed by atoms with Crippen LogP contribution >= 0.6 is 0 Å². The zero-order valence-electron chi connectivity index (χ0n) is 10.2. The van der Waals surface area contributed by atoms with Gasteiger partial charge in [0.25, 0.3) is 0 Å². The number of aryl methyl sites for hydroxylation is 2. The van der Waals surface area contributed by atoms with Gasteiger partial charge in [-0.15, -0.1) is 0 Å². The Hall–Kier alpha value is -1.91. The quantitative estimate of drug-likeness (QED) is 0.850. The summed E-state index contributed by atoms with van der Waals surface area (Å²) in [6, 6.07) is 10.8. The van der Waals surface area contributed by atoms with Crippen LogP contribution in [-0.2, 0) is 13.5 Å². The second-order valence-corrected chi connectivity index (χ2v) is 4.20. The van der Waals surface area contributed by atoms with Crippen LogP contribution in [0, 0.1) is 0 Å². The molecule has 2 aromatic rings. The molecular weight excluding hydrogens is 214 g/mol. The topological polar surface area (TPSA) is 55.6 Å². The Balaban J connectivity index is 1.82. The van der Waals surface area contributed by atoms with Crippen molar-refractivity contribution in [3.05, 3.63) is 35.9 Å². The predicted octanol–water partition coefficient (Wildman–Crippen LogP) is 1.64. The molecule has 1 N–H and O–H groups in total. The summed E-state index contributed by atoms with van der Waals surface area (Å²) in [5.41, 5.74) is 1.36. The van der Waals surface area contributed by atoms with Crippen molar-refractivity contribution in [1.82, 2.24) is 20.2 Å². The van der Waals surface area contributed by atoms with E-state index in [1.807, 2.05) is 13.1 Å². The average molecular weight is 231 g/mol. The second-order valence-electron chi connectivity index (χ2n) is 4.20. The highest BCUT2D eigenvalue weighted by atomic mass is 15.6. The summed E-state index contributed by atoms with van der Waals surface area (Å²) in [5.74, 6) is 0.713. The van der Waals surface area contributed by atoms with Crippen LogP contribution in [0.4, 0.5) is 5.95 Å². The summed E-state index contributed by atoms with van der Waals surface area (Å²) in [7, 11) is 1.83. The van der Waals surface area contributed by atoms with Crippen molar-refractivity contribution < 1.29 is 0 Å². The first-order valence-corrected chi connectivity index (χ1v) is 5.78. The van der Waals surface area contributed by atoms with E-state index < -0.39 is 0 Å². The smallest absolute Gasteiger partial charge is 0.242 e. The molecule has 1 aromatic carbocycles. The first kappa shape index (κ1) is 11.6. The third kappa shape index (κ3) is 3.27. The van der Waals surface area contributed by atoms with Crippen LogP contribution in [0.25, 0.3) is 0 Å². The molecular formula is C12H17N5. The van der Waals surface area contributed by atoms with Gasteiger partial charge in [-0.05, 0) is 35.8 Å². The SMILES string of the molecule is CC(CCc1ccccc1)Nc1nnnn1C. The fraction of sp³-hybridized carbons (Fsp3) is 0.417. The largest absolute Gasteiger partial charge is 0.351 e. The van der Waals surface area contributed by atoms with Gasteiger partial charge in [0.15, 0.2) is 0 Å². The van der Waals surface area contributed by atoms with Gasteiger partial charge in [-0.3, -0.25) is 0 Å². The lowest BCUT2D eigenvalue weighted by atomic mass is 10.1. The first-order chi connectivity index (χ1) is 8.25. The van der Waals surface area contributed by atoms with Crippen molar-refractivity contribution in [2.24, 2.45) is 7.05 Å². The van der Waals surface area contributed by atoms with E-state index in [-0.39, 0.29) is 0 Å². The van der Waals surface area contributed by atoms with E-state index in [0.717, 1.165) is 12.8 Å². The van der Waals surface area contributed by atoms with Crippen molar-refractivity contribution in [2.45, 2.75) is 25.8 Å². The molecule has 0 fully saturated rings. The lowest BCUT2D eigenvalue weighted by Gasteiger charge is -2.13.